The average molecular weight is 614 g/mol. The molecule has 0 aliphatic carbocycles. The second-order valence-corrected chi connectivity index (χ2v) is 12.4. The van der Waals surface area contributed by atoms with Crippen LogP contribution < -0.4 is 15.4 Å². The van der Waals surface area contributed by atoms with Crippen LogP contribution in [0.25, 0.3) is 55.8 Å². The Bertz CT molecular complexity index is 2240. The minimum atomic E-state index is -3.74. The molecule has 0 fully saturated rings. The van der Waals surface area contributed by atoms with Gasteiger partial charge in [-0.25, -0.2) is 22.2 Å². The topological polar surface area (TPSA) is 118 Å². The van der Waals surface area contributed by atoms with E-state index in [0.717, 1.165) is 5.69 Å². The Morgan fingerprint density at radius 3 is 2.59 bits per heavy atom. The molecule has 3 aromatic carbocycles. The summed E-state index contributed by atoms with van der Waals surface area (Å²) in [6, 6.07) is 18.9. The number of amides is 1. The molecule has 7 rings (SSSR count). The largest absolute Gasteiger partial charge is 0.455 e. The van der Waals surface area contributed by atoms with Crippen molar-refractivity contribution in [1.82, 2.24) is 14.9 Å². The third-order valence-corrected chi connectivity index (χ3v) is 9.06. The fourth-order valence-corrected chi connectivity index (χ4v) is 6.21. The zero-order valence-electron chi connectivity index (χ0n) is 23.5. The van der Waals surface area contributed by atoms with Gasteiger partial charge in [0.15, 0.2) is 0 Å². The van der Waals surface area contributed by atoms with E-state index >= 15 is 0 Å². The molecule has 3 aromatic heterocycles. The maximum Gasteiger partial charge on any atom is 0.255 e. The fraction of sp³-hybridized carbons (Fsp3) is 0.125. The highest BCUT2D eigenvalue weighted by Gasteiger charge is 2.26. The molecule has 222 valence electrons. The van der Waals surface area contributed by atoms with Gasteiger partial charge in [0.1, 0.15) is 28.7 Å². The van der Waals surface area contributed by atoms with Gasteiger partial charge in [-0.05, 0) is 67.6 Å². The van der Waals surface area contributed by atoms with Crippen LogP contribution in [0.1, 0.15) is 17.3 Å². The van der Waals surface area contributed by atoms with Gasteiger partial charge in [-0.3, -0.25) is 9.52 Å². The molecule has 12 heteroatoms. The van der Waals surface area contributed by atoms with Crippen molar-refractivity contribution in [3.8, 4) is 34.0 Å². The SMILES string of the molecule is CCS(=O)(=O)Nc1cc2oc(-c3ccc(F)cc3)c(C(=O)NC)c2cc1-c1ccc2c(n1)-c1cc3c(F)cccc3n1CN2. The molecule has 3 N–H and O–H groups in total. The van der Waals surface area contributed by atoms with Crippen LogP contribution in [0.2, 0.25) is 0 Å². The number of carbonyl (C=O) groups excluding carboxylic acids is 1. The first kappa shape index (κ1) is 27.6. The first-order chi connectivity index (χ1) is 21.2. The van der Waals surface area contributed by atoms with Gasteiger partial charge in [0.2, 0.25) is 10.0 Å². The number of aromatic nitrogens is 2. The fourth-order valence-electron chi connectivity index (χ4n) is 5.56. The van der Waals surface area contributed by atoms with Crippen LogP contribution in [0.5, 0.6) is 0 Å². The van der Waals surface area contributed by atoms with Crippen molar-refractivity contribution in [2.24, 2.45) is 0 Å². The predicted molar refractivity (Wildman–Crippen MR) is 166 cm³/mol. The zero-order chi connectivity index (χ0) is 30.7. The van der Waals surface area contributed by atoms with E-state index in [1.165, 1.54) is 50.4 Å². The minimum Gasteiger partial charge on any atom is -0.455 e. The van der Waals surface area contributed by atoms with Crippen LogP contribution in [-0.2, 0) is 16.7 Å². The molecule has 0 atom stereocenters. The molecule has 0 spiro atoms. The number of halogens is 2. The summed E-state index contributed by atoms with van der Waals surface area (Å²) < 4.78 is 64.6. The van der Waals surface area contributed by atoms with Crippen molar-refractivity contribution < 1.29 is 26.4 Å². The third kappa shape index (κ3) is 4.45. The highest BCUT2D eigenvalue weighted by atomic mass is 32.2. The Morgan fingerprint density at radius 2 is 1.84 bits per heavy atom. The number of anilines is 2. The van der Waals surface area contributed by atoms with Crippen LogP contribution >= 0.6 is 0 Å². The van der Waals surface area contributed by atoms with Crippen molar-refractivity contribution in [1.29, 1.82) is 0 Å². The van der Waals surface area contributed by atoms with E-state index in [0.29, 0.717) is 51.2 Å². The molecule has 0 saturated carbocycles. The van der Waals surface area contributed by atoms with E-state index in [4.69, 9.17) is 9.40 Å². The first-order valence-electron chi connectivity index (χ1n) is 13.8. The normalized spacial score (nSPS) is 12.5. The lowest BCUT2D eigenvalue weighted by atomic mass is 10.0. The number of carbonyl (C=O) groups is 1. The summed E-state index contributed by atoms with van der Waals surface area (Å²) in [7, 11) is -2.25. The Hall–Kier alpha value is -5.23. The predicted octanol–water partition coefficient (Wildman–Crippen LogP) is 6.57. The molecule has 1 aliphatic heterocycles. The van der Waals surface area contributed by atoms with E-state index < -0.39 is 21.7 Å². The number of nitrogens with one attached hydrogen (secondary N) is 3. The van der Waals surface area contributed by atoms with Crippen molar-refractivity contribution in [2.45, 2.75) is 13.6 Å². The quantitative estimate of drug-likeness (QED) is 0.196. The van der Waals surface area contributed by atoms with Crippen LogP contribution in [-0.4, -0.2) is 36.7 Å². The minimum absolute atomic E-state index is 0.180. The molecule has 44 heavy (non-hydrogen) atoms. The van der Waals surface area contributed by atoms with Crippen LogP contribution in [0.15, 0.2) is 77.2 Å². The van der Waals surface area contributed by atoms with E-state index in [-0.39, 0.29) is 34.2 Å². The highest BCUT2D eigenvalue weighted by Crippen LogP contribution is 2.42. The molecule has 1 amide bonds. The summed E-state index contributed by atoms with van der Waals surface area (Å²) in [6.45, 7) is 1.94. The maximum atomic E-state index is 14.7. The van der Waals surface area contributed by atoms with Gasteiger partial charge in [0, 0.05) is 35.0 Å². The molecule has 6 aromatic rings. The summed E-state index contributed by atoms with van der Waals surface area (Å²) in [6.07, 6.45) is 0. The number of hydrogen-bond acceptors (Lipinski definition) is 6. The second kappa shape index (κ2) is 10.2. The summed E-state index contributed by atoms with van der Waals surface area (Å²) in [5.41, 5.74) is 4.62. The lowest BCUT2D eigenvalue weighted by molar-refractivity contribution is 0.0964. The third-order valence-electron chi connectivity index (χ3n) is 7.77. The van der Waals surface area contributed by atoms with Crippen LogP contribution in [0.4, 0.5) is 20.2 Å². The Morgan fingerprint density at radius 1 is 1.05 bits per heavy atom. The van der Waals surface area contributed by atoms with Gasteiger partial charge < -0.3 is 19.6 Å². The van der Waals surface area contributed by atoms with Crippen molar-refractivity contribution in [2.75, 3.05) is 22.8 Å². The smallest absolute Gasteiger partial charge is 0.255 e. The molecule has 9 nitrogen and oxygen atoms in total. The summed E-state index contributed by atoms with van der Waals surface area (Å²) in [4.78, 5) is 18.1. The molecular weight excluding hydrogens is 588 g/mol. The van der Waals surface area contributed by atoms with Crippen LogP contribution in [0.3, 0.4) is 0 Å². The Kier molecular flexibility index (Phi) is 6.39. The lowest BCUT2D eigenvalue weighted by Gasteiger charge is -2.22. The van der Waals surface area contributed by atoms with Gasteiger partial charge in [0.05, 0.1) is 46.3 Å². The number of rotatable bonds is 6. The van der Waals surface area contributed by atoms with E-state index in [1.54, 1.807) is 24.3 Å². The summed E-state index contributed by atoms with van der Waals surface area (Å²) in [5, 5.41) is 6.82. The Labute approximate surface area is 250 Å². The summed E-state index contributed by atoms with van der Waals surface area (Å²) >= 11 is 0. The molecule has 4 heterocycles. The molecule has 0 saturated heterocycles. The van der Waals surface area contributed by atoms with Crippen LogP contribution in [0, 0.1) is 11.6 Å². The standard InChI is InChI=1S/C32H25F2N5O4S/c1-3-44(41,42)38-25-15-28-21(29(32(40)35-2)31(43-28)17-7-9-18(33)10-8-17)13-20(25)23-11-12-24-30(37-23)27-14-19-22(34)5-4-6-26(19)39(27)16-36-24/h4-15,36,38H,3,16H2,1-2H3,(H,35,40). The van der Waals surface area contributed by atoms with Crippen molar-refractivity contribution in [3.63, 3.8) is 0 Å². The van der Waals surface area contributed by atoms with Gasteiger partial charge >= 0.3 is 0 Å². The molecule has 0 bridgehead atoms. The van der Waals surface area contributed by atoms with E-state index in [1.807, 2.05) is 16.7 Å². The number of sulfonamides is 1. The second-order valence-electron chi connectivity index (χ2n) is 10.3. The highest BCUT2D eigenvalue weighted by molar-refractivity contribution is 7.92. The van der Waals surface area contributed by atoms with E-state index in [9.17, 15) is 22.0 Å². The van der Waals surface area contributed by atoms with Gasteiger partial charge in [-0.15, -0.1) is 0 Å². The number of nitrogens with zero attached hydrogens (tertiary/aromatic N) is 2. The molecule has 0 radical (unpaired) electrons. The first-order valence-corrected chi connectivity index (χ1v) is 15.4. The Balaban J connectivity index is 1.47. The number of fused-ring (bicyclic) bond motifs is 6. The molecule has 0 unspecified atom stereocenters. The number of pyridine rings is 1. The number of hydrogen-bond donors (Lipinski definition) is 3. The number of benzene rings is 3. The molecular formula is C32H25F2N5O4S. The monoisotopic (exact) mass is 613 g/mol. The zero-order valence-corrected chi connectivity index (χ0v) is 24.4. The van der Waals surface area contributed by atoms with Gasteiger partial charge in [-0.1, -0.05) is 6.07 Å². The van der Waals surface area contributed by atoms with Crippen molar-refractivity contribution >= 4 is 49.2 Å². The summed E-state index contributed by atoms with van der Waals surface area (Å²) in [5.74, 6) is -1.21. The van der Waals surface area contributed by atoms with Gasteiger partial charge in [0.25, 0.3) is 5.91 Å². The van der Waals surface area contributed by atoms with Crippen molar-refractivity contribution in [3.05, 3.63) is 90.0 Å². The lowest BCUT2D eigenvalue weighted by Crippen LogP contribution is -2.18. The maximum absolute atomic E-state index is 14.7. The average Bonchev–Trinajstić information content (AvgIpc) is 3.60. The number of furan rings is 1. The molecule has 1 aliphatic rings. The van der Waals surface area contributed by atoms with E-state index in [2.05, 4.69) is 15.4 Å². The van der Waals surface area contributed by atoms with Gasteiger partial charge in [-0.2, -0.15) is 0 Å².